The maximum absolute atomic E-state index is 13.3. The monoisotopic (exact) mass is 404 g/mol. The summed E-state index contributed by atoms with van der Waals surface area (Å²) in [6.45, 7) is 5.50. The molecule has 0 aliphatic carbocycles. The summed E-state index contributed by atoms with van der Waals surface area (Å²) < 4.78 is 0. The van der Waals surface area contributed by atoms with E-state index in [4.69, 9.17) is 0 Å². The minimum Gasteiger partial charge on any atom is -0.363 e. The van der Waals surface area contributed by atoms with Crippen LogP contribution in [0.15, 0.2) is 60.4 Å². The molecule has 0 unspecified atom stereocenters. The SMILES string of the molecule is CCCCCN1C(=O)C(c2ccccc2)=C(N2CCN(c3ccccn3)CC2)C1=O. The second kappa shape index (κ2) is 9.11. The average molecular weight is 405 g/mol. The maximum atomic E-state index is 13.3. The lowest BCUT2D eigenvalue weighted by Gasteiger charge is -2.37. The first kappa shape index (κ1) is 20.1. The molecule has 1 aromatic heterocycles. The van der Waals surface area contributed by atoms with Gasteiger partial charge in [-0.15, -0.1) is 0 Å². The van der Waals surface area contributed by atoms with E-state index in [1.165, 1.54) is 4.90 Å². The Morgan fingerprint density at radius 2 is 1.53 bits per heavy atom. The van der Waals surface area contributed by atoms with Gasteiger partial charge in [-0.3, -0.25) is 14.5 Å². The molecule has 2 amide bonds. The highest BCUT2D eigenvalue weighted by atomic mass is 16.2. The van der Waals surface area contributed by atoms with E-state index in [0.29, 0.717) is 30.9 Å². The molecule has 0 N–H and O–H groups in total. The zero-order chi connectivity index (χ0) is 20.9. The van der Waals surface area contributed by atoms with Crippen molar-refractivity contribution in [2.45, 2.75) is 26.2 Å². The summed E-state index contributed by atoms with van der Waals surface area (Å²) in [7, 11) is 0. The Kier molecular flexibility index (Phi) is 6.12. The Morgan fingerprint density at radius 1 is 0.833 bits per heavy atom. The highest BCUT2D eigenvalue weighted by Crippen LogP contribution is 2.32. The molecule has 2 aliphatic rings. The van der Waals surface area contributed by atoms with Gasteiger partial charge >= 0.3 is 0 Å². The second-order valence-electron chi connectivity index (χ2n) is 7.72. The Balaban J connectivity index is 1.59. The summed E-state index contributed by atoms with van der Waals surface area (Å²) in [6, 6.07) is 15.5. The number of amides is 2. The van der Waals surface area contributed by atoms with Gasteiger partial charge in [-0.05, 0) is 24.1 Å². The van der Waals surface area contributed by atoms with Crippen molar-refractivity contribution < 1.29 is 9.59 Å². The largest absolute Gasteiger partial charge is 0.363 e. The number of unbranched alkanes of at least 4 members (excludes halogenated alkanes) is 2. The molecule has 1 fully saturated rings. The van der Waals surface area contributed by atoms with E-state index in [9.17, 15) is 9.59 Å². The molecule has 0 radical (unpaired) electrons. The molecule has 0 saturated carbocycles. The smallest absolute Gasteiger partial charge is 0.277 e. The zero-order valence-electron chi connectivity index (χ0n) is 17.5. The van der Waals surface area contributed by atoms with Crippen LogP contribution in [0.4, 0.5) is 5.82 Å². The van der Waals surface area contributed by atoms with Gasteiger partial charge < -0.3 is 9.80 Å². The van der Waals surface area contributed by atoms with Gasteiger partial charge in [0.25, 0.3) is 11.8 Å². The Labute approximate surface area is 177 Å². The molecule has 6 heteroatoms. The van der Waals surface area contributed by atoms with Crippen LogP contribution in [0, 0.1) is 0 Å². The topological polar surface area (TPSA) is 56.8 Å². The fourth-order valence-corrected chi connectivity index (χ4v) is 4.14. The van der Waals surface area contributed by atoms with Crippen molar-refractivity contribution in [1.82, 2.24) is 14.8 Å². The number of aromatic nitrogens is 1. The van der Waals surface area contributed by atoms with Gasteiger partial charge in [0, 0.05) is 38.9 Å². The minimum absolute atomic E-state index is 0.152. The number of piperazine rings is 1. The van der Waals surface area contributed by atoms with Gasteiger partial charge in [0.05, 0.1) is 5.57 Å². The molecule has 6 nitrogen and oxygen atoms in total. The van der Waals surface area contributed by atoms with Crippen molar-refractivity contribution in [3.63, 3.8) is 0 Å². The van der Waals surface area contributed by atoms with E-state index in [2.05, 4.69) is 21.7 Å². The fourth-order valence-electron chi connectivity index (χ4n) is 4.14. The highest BCUT2D eigenvalue weighted by Gasteiger charge is 2.41. The maximum Gasteiger partial charge on any atom is 0.277 e. The third-order valence-electron chi connectivity index (χ3n) is 5.76. The molecule has 2 aliphatic heterocycles. The zero-order valence-corrected chi connectivity index (χ0v) is 17.5. The predicted octanol–water partition coefficient (Wildman–Crippen LogP) is 3.17. The Morgan fingerprint density at radius 3 is 2.20 bits per heavy atom. The number of rotatable bonds is 7. The van der Waals surface area contributed by atoms with Crippen LogP contribution >= 0.6 is 0 Å². The van der Waals surface area contributed by atoms with Crippen molar-refractivity contribution >= 4 is 23.2 Å². The van der Waals surface area contributed by atoms with Crippen molar-refractivity contribution in [3.8, 4) is 0 Å². The first-order chi connectivity index (χ1) is 14.7. The number of carbonyl (C=O) groups excluding carboxylic acids is 2. The van der Waals surface area contributed by atoms with Crippen LogP contribution in [-0.2, 0) is 9.59 Å². The lowest BCUT2D eigenvalue weighted by molar-refractivity contribution is -0.137. The lowest BCUT2D eigenvalue weighted by Crippen LogP contribution is -2.48. The number of hydrogen-bond donors (Lipinski definition) is 0. The third-order valence-corrected chi connectivity index (χ3v) is 5.76. The molecular formula is C24H28N4O2. The minimum atomic E-state index is -0.163. The van der Waals surface area contributed by atoms with E-state index < -0.39 is 0 Å². The summed E-state index contributed by atoms with van der Waals surface area (Å²) in [6.07, 6.45) is 4.70. The molecule has 1 saturated heterocycles. The molecule has 0 spiro atoms. The predicted molar refractivity (Wildman–Crippen MR) is 118 cm³/mol. The molecule has 30 heavy (non-hydrogen) atoms. The van der Waals surface area contributed by atoms with Crippen molar-refractivity contribution in [2.75, 3.05) is 37.6 Å². The molecule has 0 bridgehead atoms. The van der Waals surface area contributed by atoms with Crippen LogP contribution in [0.25, 0.3) is 5.57 Å². The van der Waals surface area contributed by atoms with Gasteiger partial charge in [0.15, 0.2) is 0 Å². The van der Waals surface area contributed by atoms with Gasteiger partial charge in [0.2, 0.25) is 0 Å². The number of anilines is 1. The van der Waals surface area contributed by atoms with Crippen molar-refractivity contribution in [2.24, 2.45) is 0 Å². The standard InChI is InChI=1S/C24H28N4O2/c1-2-3-9-14-28-23(29)21(19-10-5-4-6-11-19)22(24(28)30)27-17-15-26(16-18-27)20-12-7-8-13-25-20/h4-8,10-13H,2-3,9,14-18H2,1H3. The van der Waals surface area contributed by atoms with Crippen LogP contribution < -0.4 is 4.90 Å². The summed E-state index contributed by atoms with van der Waals surface area (Å²) >= 11 is 0. The molecule has 2 aromatic rings. The van der Waals surface area contributed by atoms with E-state index in [-0.39, 0.29) is 11.8 Å². The molecule has 3 heterocycles. The number of carbonyl (C=O) groups is 2. The van der Waals surface area contributed by atoms with Gasteiger partial charge in [0.1, 0.15) is 11.5 Å². The van der Waals surface area contributed by atoms with Crippen molar-refractivity contribution in [3.05, 3.63) is 66.0 Å². The van der Waals surface area contributed by atoms with Gasteiger partial charge in [-0.1, -0.05) is 56.2 Å². The number of imide groups is 1. The Hall–Kier alpha value is -3.15. The van der Waals surface area contributed by atoms with Crippen LogP contribution in [0.2, 0.25) is 0 Å². The second-order valence-corrected chi connectivity index (χ2v) is 7.72. The van der Waals surface area contributed by atoms with Crippen LogP contribution in [-0.4, -0.2) is 59.3 Å². The number of benzene rings is 1. The quantitative estimate of drug-likeness (QED) is 0.524. The van der Waals surface area contributed by atoms with Crippen LogP contribution in [0.5, 0.6) is 0 Å². The number of pyridine rings is 1. The third kappa shape index (κ3) is 3.95. The lowest BCUT2D eigenvalue weighted by atomic mass is 10.0. The Bertz CT molecular complexity index is 919. The van der Waals surface area contributed by atoms with E-state index in [1.807, 2.05) is 48.5 Å². The fraction of sp³-hybridized carbons (Fsp3) is 0.375. The summed E-state index contributed by atoms with van der Waals surface area (Å²) in [5.41, 5.74) is 1.92. The van der Waals surface area contributed by atoms with E-state index in [0.717, 1.165) is 43.7 Å². The van der Waals surface area contributed by atoms with E-state index >= 15 is 0 Å². The molecule has 156 valence electrons. The first-order valence-corrected chi connectivity index (χ1v) is 10.8. The molecule has 4 rings (SSSR count). The molecule has 0 atom stereocenters. The van der Waals surface area contributed by atoms with Crippen molar-refractivity contribution in [1.29, 1.82) is 0 Å². The first-order valence-electron chi connectivity index (χ1n) is 10.8. The summed E-state index contributed by atoms with van der Waals surface area (Å²) in [5, 5.41) is 0. The van der Waals surface area contributed by atoms with E-state index in [1.54, 1.807) is 6.20 Å². The van der Waals surface area contributed by atoms with Crippen LogP contribution in [0.3, 0.4) is 0 Å². The summed E-state index contributed by atoms with van der Waals surface area (Å²) in [5.74, 6) is 0.634. The number of hydrogen-bond acceptors (Lipinski definition) is 5. The normalized spacial score (nSPS) is 17.3. The highest BCUT2D eigenvalue weighted by molar-refractivity contribution is 6.35. The molecular weight excluding hydrogens is 376 g/mol. The molecule has 1 aromatic carbocycles. The van der Waals surface area contributed by atoms with Crippen LogP contribution in [0.1, 0.15) is 31.7 Å². The number of nitrogens with zero attached hydrogens (tertiary/aromatic N) is 4. The average Bonchev–Trinajstić information content (AvgIpc) is 3.05. The summed E-state index contributed by atoms with van der Waals surface area (Å²) in [4.78, 5) is 36.8. The van der Waals surface area contributed by atoms with Gasteiger partial charge in [-0.2, -0.15) is 0 Å². The van der Waals surface area contributed by atoms with Gasteiger partial charge in [-0.25, -0.2) is 4.98 Å².